The maximum atomic E-state index is 8.98. The van der Waals surface area contributed by atoms with Crippen molar-refractivity contribution in [2.24, 2.45) is 5.92 Å². The molecular weight excluding hydrogens is 126 g/mol. The fourth-order valence-electron chi connectivity index (χ4n) is 0.956. The second kappa shape index (κ2) is 2.88. The third-order valence-corrected chi connectivity index (χ3v) is 1.67. The number of hydrogen-bond acceptors (Lipinski definition) is 2. The summed E-state index contributed by atoms with van der Waals surface area (Å²) in [4.78, 5) is 0. The molecule has 0 aromatic rings. The van der Waals surface area contributed by atoms with E-state index in [0.717, 1.165) is 17.2 Å². The lowest BCUT2D eigenvalue weighted by Crippen LogP contribution is -2.12. The summed E-state index contributed by atoms with van der Waals surface area (Å²) in [6.07, 6.45) is 7.09. The Morgan fingerprint density at radius 2 is 2.40 bits per heavy atom. The first-order valence-corrected chi connectivity index (χ1v) is 3.51. The second-order valence-electron chi connectivity index (χ2n) is 2.72. The monoisotopic (exact) mass is 139 g/mol. The second-order valence-corrected chi connectivity index (χ2v) is 2.72. The van der Waals surface area contributed by atoms with Gasteiger partial charge in [-0.3, -0.25) is 10.3 Å². The predicted octanol–water partition coefficient (Wildman–Crippen LogP) is 1.79. The van der Waals surface area contributed by atoms with Crippen LogP contribution in [0.2, 0.25) is 0 Å². The molecule has 0 heterocycles. The Morgan fingerprint density at radius 3 is 2.80 bits per heavy atom. The van der Waals surface area contributed by atoms with Crippen molar-refractivity contribution in [3.8, 4) is 0 Å². The summed E-state index contributed by atoms with van der Waals surface area (Å²) >= 11 is 0. The lowest BCUT2D eigenvalue weighted by Gasteiger charge is -2.16. The molecule has 1 rings (SSSR count). The van der Waals surface area contributed by atoms with Gasteiger partial charge in [-0.2, -0.15) is 0 Å². The maximum absolute atomic E-state index is 8.98. The van der Waals surface area contributed by atoms with Crippen LogP contribution in [0.15, 0.2) is 23.9 Å². The molecule has 2 heteroatoms. The summed E-state index contributed by atoms with van der Waals surface area (Å²) in [7, 11) is 1.63. The molecule has 1 atom stereocenters. The van der Waals surface area contributed by atoms with Crippen LogP contribution in [0.5, 0.6) is 0 Å². The zero-order valence-electron chi connectivity index (χ0n) is 6.41. The lowest BCUT2D eigenvalue weighted by molar-refractivity contribution is -0.0244. The van der Waals surface area contributed by atoms with E-state index in [9.17, 15) is 0 Å². The zero-order chi connectivity index (χ0) is 7.56. The quantitative estimate of drug-likeness (QED) is 0.560. The average Bonchev–Trinajstić information content (AvgIpc) is 1.88. The van der Waals surface area contributed by atoms with E-state index in [1.807, 2.05) is 12.2 Å². The highest BCUT2D eigenvalue weighted by Crippen LogP contribution is 2.15. The van der Waals surface area contributed by atoms with Gasteiger partial charge >= 0.3 is 0 Å². The van der Waals surface area contributed by atoms with E-state index in [1.165, 1.54) is 0 Å². The van der Waals surface area contributed by atoms with Crippen LogP contribution in [0.3, 0.4) is 0 Å². The van der Waals surface area contributed by atoms with Crippen LogP contribution in [0, 0.1) is 5.92 Å². The Hall–Kier alpha value is -0.760. The van der Waals surface area contributed by atoms with E-state index in [2.05, 4.69) is 13.0 Å². The molecule has 2 nitrogen and oxygen atoms in total. The van der Waals surface area contributed by atoms with Crippen molar-refractivity contribution in [1.29, 1.82) is 0 Å². The summed E-state index contributed by atoms with van der Waals surface area (Å²) < 4.78 is 0. The molecule has 1 aliphatic carbocycles. The van der Waals surface area contributed by atoms with E-state index >= 15 is 0 Å². The van der Waals surface area contributed by atoms with Gasteiger partial charge < -0.3 is 0 Å². The van der Waals surface area contributed by atoms with Crippen LogP contribution in [0.1, 0.15) is 13.3 Å². The summed E-state index contributed by atoms with van der Waals surface area (Å²) in [6.45, 7) is 2.15. The molecule has 0 bridgehead atoms. The molecule has 0 radical (unpaired) electrons. The highest BCUT2D eigenvalue weighted by molar-refractivity contribution is 5.20. The summed E-state index contributed by atoms with van der Waals surface area (Å²) in [5, 5.41) is 10.1. The smallest absolute Gasteiger partial charge is 0.0588 e. The van der Waals surface area contributed by atoms with Gasteiger partial charge in [0.05, 0.1) is 5.70 Å². The van der Waals surface area contributed by atoms with Crippen molar-refractivity contribution in [1.82, 2.24) is 5.06 Å². The van der Waals surface area contributed by atoms with Crippen molar-refractivity contribution in [3.63, 3.8) is 0 Å². The fourth-order valence-corrected chi connectivity index (χ4v) is 0.956. The highest BCUT2D eigenvalue weighted by Gasteiger charge is 2.04. The highest BCUT2D eigenvalue weighted by atomic mass is 16.5. The molecule has 0 aromatic carbocycles. The zero-order valence-corrected chi connectivity index (χ0v) is 6.41. The van der Waals surface area contributed by atoms with Gasteiger partial charge in [0.2, 0.25) is 0 Å². The van der Waals surface area contributed by atoms with Gasteiger partial charge in [-0.15, -0.1) is 0 Å². The van der Waals surface area contributed by atoms with Gasteiger partial charge in [-0.05, 0) is 18.4 Å². The summed E-state index contributed by atoms with van der Waals surface area (Å²) in [5.74, 6) is 0.615. The summed E-state index contributed by atoms with van der Waals surface area (Å²) in [6, 6.07) is 0. The van der Waals surface area contributed by atoms with Gasteiger partial charge in [0, 0.05) is 7.05 Å². The molecule has 0 saturated heterocycles. The van der Waals surface area contributed by atoms with E-state index in [-0.39, 0.29) is 0 Å². The normalized spacial score (nSPS) is 24.3. The van der Waals surface area contributed by atoms with Crippen molar-refractivity contribution in [2.45, 2.75) is 13.3 Å². The number of rotatable bonds is 1. The van der Waals surface area contributed by atoms with Crippen LogP contribution in [-0.4, -0.2) is 17.3 Å². The van der Waals surface area contributed by atoms with E-state index < -0.39 is 0 Å². The molecule has 1 N–H and O–H groups in total. The van der Waals surface area contributed by atoms with Gasteiger partial charge in [-0.25, -0.2) is 0 Å². The predicted molar refractivity (Wildman–Crippen MR) is 40.6 cm³/mol. The van der Waals surface area contributed by atoms with Gasteiger partial charge in [0.1, 0.15) is 0 Å². The first kappa shape index (κ1) is 7.35. The molecule has 10 heavy (non-hydrogen) atoms. The SMILES string of the molecule is CC1C=CC(N(C)O)=CC1. The minimum atomic E-state index is 0.615. The Kier molecular flexibility index (Phi) is 2.12. The molecule has 0 aliphatic heterocycles. The average molecular weight is 139 g/mol. The fraction of sp³-hybridized carbons (Fsp3) is 0.500. The van der Waals surface area contributed by atoms with Crippen molar-refractivity contribution >= 4 is 0 Å². The van der Waals surface area contributed by atoms with Crippen LogP contribution in [-0.2, 0) is 0 Å². The van der Waals surface area contributed by atoms with Crippen molar-refractivity contribution in [2.75, 3.05) is 7.05 Å². The van der Waals surface area contributed by atoms with Gasteiger partial charge in [-0.1, -0.05) is 19.1 Å². The third-order valence-electron chi connectivity index (χ3n) is 1.67. The molecule has 0 spiro atoms. The molecule has 0 amide bonds. The van der Waals surface area contributed by atoms with Gasteiger partial charge in [0.15, 0.2) is 0 Å². The number of nitrogens with zero attached hydrogens (tertiary/aromatic N) is 1. The van der Waals surface area contributed by atoms with Crippen LogP contribution in [0.25, 0.3) is 0 Å². The topological polar surface area (TPSA) is 23.5 Å². The Labute approximate surface area is 61.4 Å². The van der Waals surface area contributed by atoms with Crippen LogP contribution >= 0.6 is 0 Å². The number of likely N-dealkylation sites (N-methyl/N-ethyl adjacent to an activating group) is 1. The molecule has 1 unspecified atom stereocenters. The first-order chi connectivity index (χ1) is 4.70. The minimum absolute atomic E-state index is 0.615. The summed E-state index contributed by atoms with van der Waals surface area (Å²) in [5.41, 5.74) is 0.887. The number of hydroxylamine groups is 2. The minimum Gasteiger partial charge on any atom is -0.289 e. The van der Waals surface area contributed by atoms with Crippen LogP contribution < -0.4 is 0 Å². The molecule has 56 valence electrons. The standard InChI is InChI=1S/C8H13NO/c1-7-3-5-8(6-4-7)9(2)10/h3,5-7,10H,4H2,1-2H3. The molecule has 0 aromatic heterocycles. The number of hydrogen-bond donors (Lipinski definition) is 1. The van der Waals surface area contributed by atoms with Crippen LogP contribution in [0.4, 0.5) is 0 Å². The molecule has 0 fully saturated rings. The number of allylic oxidation sites excluding steroid dienone is 3. The van der Waals surface area contributed by atoms with E-state index in [1.54, 1.807) is 7.05 Å². The maximum Gasteiger partial charge on any atom is 0.0588 e. The van der Waals surface area contributed by atoms with E-state index in [4.69, 9.17) is 5.21 Å². The Morgan fingerprint density at radius 1 is 1.70 bits per heavy atom. The van der Waals surface area contributed by atoms with Gasteiger partial charge in [0.25, 0.3) is 0 Å². The molecule has 1 aliphatic rings. The third kappa shape index (κ3) is 1.61. The molecule has 0 saturated carbocycles. The van der Waals surface area contributed by atoms with E-state index in [0.29, 0.717) is 5.92 Å². The Bertz CT molecular complexity index is 170. The Balaban J connectivity index is 2.59. The van der Waals surface area contributed by atoms with Crippen molar-refractivity contribution in [3.05, 3.63) is 23.9 Å². The lowest BCUT2D eigenvalue weighted by atomic mass is 10.0. The van der Waals surface area contributed by atoms with Crippen molar-refractivity contribution < 1.29 is 5.21 Å². The molecular formula is C8H13NO. The largest absolute Gasteiger partial charge is 0.289 e. The first-order valence-electron chi connectivity index (χ1n) is 3.51.